The fraction of sp³-hybridized carbons (Fsp3) is 0.333. The summed E-state index contributed by atoms with van der Waals surface area (Å²) in [5, 5.41) is 11.8. The lowest BCUT2D eigenvalue weighted by molar-refractivity contribution is -0.128. The smallest absolute Gasteiger partial charge is 0.254 e. The fourth-order valence-electron chi connectivity index (χ4n) is 2.73. The van der Waals surface area contributed by atoms with E-state index < -0.39 is 0 Å². The molecule has 0 aliphatic carbocycles. The van der Waals surface area contributed by atoms with Crippen LogP contribution in [0.25, 0.3) is 0 Å². The summed E-state index contributed by atoms with van der Waals surface area (Å²) in [7, 11) is 0. The van der Waals surface area contributed by atoms with E-state index in [9.17, 15) is 9.59 Å². The highest BCUT2D eigenvalue weighted by Crippen LogP contribution is 2.14. The van der Waals surface area contributed by atoms with Crippen LogP contribution in [0.15, 0.2) is 47.1 Å². The maximum absolute atomic E-state index is 12.1. The molecule has 1 fully saturated rings. The number of nitrogens with zero attached hydrogens (tertiary/aromatic N) is 1. The number of furan rings is 1. The normalized spacial score (nSPS) is 16.9. The number of aliphatic hydroxyl groups is 1. The van der Waals surface area contributed by atoms with Crippen molar-refractivity contribution in [3.8, 4) is 5.75 Å². The van der Waals surface area contributed by atoms with Gasteiger partial charge in [-0.3, -0.25) is 9.59 Å². The molecule has 0 spiro atoms. The molecule has 25 heavy (non-hydrogen) atoms. The number of rotatable bonds is 7. The van der Waals surface area contributed by atoms with Crippen LogP contribution in [-0.2, 0) is 11.4 Å². The number of amides is 2. The van der Waals surface area contributed by atoms with E-state index in [1.807, 2.05) is 30.3 Å². The molecule has 1 atom stereocenters. The number of hydrogen-bond donors (Lipinski definition) is 2. The first-order valence-corrected chi connectivity index (χ1v) is 8.10. The predicted molar refractivity (Wildman–Crippen MR) is 89.0 cm³/mol. The van der Waals surface area contributed by atoms with Crippen LogP contribution in [0.4, 0.5) is 0 Å². The van der Waals surface area contributed by atoms with Crippen molar-refractivity contribution in [3.05, 3.63) is 54.0 Å². The molecular formula is C18H20N2O5. The zero-order chi connectivity index (χ0) is 17.6. The molecule has 132 valence electrons. The van der Waals surface area contributed by atoms with Crippen LogP contribution in [0.5, 0.6) is 5.75 Å². The number of likely N-dealkylation sites (tertiary alicyclic amines) is 1. The summed E-state index contributed by atoms with van der Waals surface area (Å²) in [6, 6.07) is 10.6. The number of carbonyl (C=O) groups excluding carboxylic acids is 2. The minimum Gasteiger partial charge on any atom is -0.492 e. The van der Waals surface area contributed by atoms with Crippen LogP contribution < -0.4 is 10.1 Å². The molecule has 1 aliphatic heterocycles. The average molecular weight is 344 g/mol. The van der Waals surface area contributed by atoms with Gasteiger partial charge in [0.1, 0.15) is 31.0 Å². The molecular weight excluding hydrogens is 324 g/mol. The summed E-state index contributed by atoms with van der Waals surface area (Å²) in [6.45, 7) is 1.07. The molecule has 1 unspecified atom stereocenters. The van der Waals surface area contributed by atoms with Crippen LogP contribution in [-0.4, -0.2) is 47.6 Å². The largest absolute Gasteiger partial charge is 0.492 e. The fourth-order valence-corrected chi connectivity index (χ4v) is 2.73. The summed E-state index contributed by atoms with van der Waals surface area (Å²) in [4.78, 5) is 25.9. The standard InChI is InChI=1S/C18H20N2O5/c21-11-16-8-13(12-25-16)18(23)19-14-9-17(22)20(10-14)6-7-24-15-4-2-1-3-5-15/h1-5,8,12,14,21H,6-7,9-11H2,(H,19,23). The SMILES string of the molecule is O=C(NC1CC(=O)N(CCOc2ccccc2)C1)c1coc(CO)c1. The van der Waals surface area contributed by atoms with Gasteiger partial charge in [-0.15, -0.1) is 0 Å². The van der Waals surface area contributed by atoms with E-state index in [2.05, 4.69) is 5.32 Å². The molecule has 0 saturated carbocycles. The van der Waals surface area contributed by atoms with Crippen molar-refractivity contribution in [2.75, 3.05) is 19.7 Å². The average Bonchev–Trinajstić information content (AvgIpc) is 3.23. The monoisotopic (exact) mass is 344 g/mol. The van der Waals surface area contributed by atoms with Crippen molar-refractivity contribution in [1.29, 1.82) is 0 Å². The zero-order valence-corrected chi connectivity index (χ0v) is 13.7. The maximum atomic E-state index is 12.1. The molecule has 2 amide bonds. The number of para-hydroxylation sites is 1. The Morgan fingerprint density at radius 1 is 1.36 bits per heavy atom. The first-order chi connectivity index (χ1) is 12.2. The van der Waals surface area contributed by atoms with Gasteiger partial charge in [0.2, 0.25) is 5.91 Å². The van der Waals surface area contributed by atoms with Crippen molar-refractivity contribution >= 4 is 11.8 Å². The molecule has 7 heteroatoms. The number of benzene rings is 1. The Labute approximate surface area is 145 Å². The highest BCUT2D eigenvalue weighted by atomic mass is 16.5. The summed E-state index contributed by atoms with van der Waals surface area (Å²) in [5.41, 5.74) is 0.336. The van der Waals surface area contributed by atoms with Gasteiger partial charge in [-0.2, -0.15) is 0 Å². The van der Waals surface area contributed by atoms with Crippen LogP contribution in [0.1, 0.15) is 22.5 Å². The molecule has 3 rings (SSSR count). The van der Waals surface area contributed by atoms with Gasteiger partial charge in [0.25, 0.3) is 5.91 Å². The van der Waals surface area contributed by atoms with Gasteiger partial charge in [-0.05, 0) is 18.2 Å². The van der Waals surface area contributed by atoms with Gasteiger partial charge in [-0.1, -0.05) is 18.2 Å². The van der Waals surface area contributed by atoms with Crippen molar-refractivity contribution in [2.45, 2.75) is 19.1 Å². The van der Waals surface area contributed by atoms with E-state index in [4.69, 9.17) is 14.3 Å². The van der Waals surface area contributed by atoms with Gasteiger partial charge in [0.05, 0.1) is 18.2 Å². The number of carbonyl (C=O) groups is 2. The third kappa shape index (κ3) is 4.39. The van der Waals surface area contributed by atoms with E-state index in [1.165, 1.54) is 12.3 Å². The van der Waals surface area contributed by atoms with Crippen LogP contribution >= 0.6 is 0 Å². The maximum Gasteiger partial charge on any atom is 0.254 e. The van der Waals surface area contributed by atoms with Gasteiger partial charge in [0, 0.05) is 13.0 Å². The Balaban J connectivity index is 1.46. The van der Waals surface area contributed by atoms with E-state index in [0.29, 0.717) is 31.0 Å². The highest BCUT2D eigenvalue weighted by Gasteiger charge is 2.30. The number of hydrogen-bond acceptors (Lipinski definition) is 5. The van der Waals surface area contributed by atoms with Gasteiger partial charge in [-0.25, -0.2) is 0 Å². The van der Waals surface area contributed by atoms with E-state index in [-0.39, 0.29) is 30.9 Å². The highest BCUT2D eigenvalue weighted by molar-refractivity contribution is 5.94. The first-order valence-electron chi connectivity index (χ1n) is 8.10. The Morgan fingerprint density at radius 3 is 2.88 bits per heavy atom. The summed E-state index contributed by atoms with van der Waals surface area (Å²) in [5.74, 6) is 0.764. The predicted octanol–water partition coefficient (Wildman–Crippen LogP) is 1.18. The first kappa shape index (κ1) is 17.0. The van der Waals surface area contributed by atoms with Crippen molar-refractivity contribution in [3.63, 3.8) is 0 Å². The molecule has 0 radical (unpaired) electrons. The second-order valence-corrected chi connectivity index (χ2v) is 5.84. The summed E-state index contributed by atoms with van der Waals surface area (Å²) >= 11 is 0. The van der Waals surface area contributed by atoms with Gasteiger partial charge >= 0.3 is 0 Å². The quantitative estimate of drug-likeness (QED) is 0.787. The van der Waals surface area contributed by atoms with Crippen molar-refractivity contribution < 1.29 is 23.8 Å². The third-order valence-electron chi connectivity index (χ3n) is 3.99. The lowest BCUT2D eigenvalue weighted by Gasteiger charge is -2.17. The molecule has 1 aromatic carbocycles. The topological polar surface area (TPSA) is 92.0 Å². The summed E-state index contributed by atoms with van der Waals surface area (Å²) < 4.78 is 10.6. The third-order valence-corrected chi connectivity index (χ3v) is 3.99. The second-order valence-electron chi connectivity index (χ2n) is 5.84. The molecule has 1 aromatic heterocycles. The van der Waals surface area contributed by atoms with Gasteiger partial charge in [0.15, 0.2) is 0 Å². The summed E-state index contributed by atoms with van der Waals surface area (Å²) in [6.07, 6.45) is 1.56. The number of aliphatic hydroxyl groups excluding tert-OH is 1. The molecule has 2 aromatic rings. The minimum absolute atomic E-state index is 0.00907. The van der Waals surface area contributed by atoms with Crippen LogP contribution in [0.3, 0.4) is 0 Å². The molecule has 7 nitrogen and oxygen atoms in total. The van der Waals surface area contributed by atoms with E-state index >= 15 is 0 Å². The zero-order valence-electron chi connectivity index (χ0n) is 13.7. The van der Waals surface area contributed by atoms with Gasteiger partial charge < -0.3 is 24.5 Å². The lowest BCUT2D eigenvalue weighted by atomic mass is 10.2. The van der Waals surface area contributed by atoms with E-state index in [0.717, 1.165) is 5.75 Å². The van der Waals surface area contributed by atoms with Crippen molar-refractivity contribution in [1.82, 2.24) is 10.2 Å². The van der Waals surface area contributed by atoms with E-state index in [1.54, 1.807) is 4.90 Å². The molecule has 0 bridgehead atoms. The Kier molecular flexibility index (Phi) is 5.35. The Bertz CT molecular complexity index is 728. The molecule has 1 aliphatic rings. The minimum atomic E-state index is -0.316. The molecule has 2 N–H and O–H groups in total. The van der Waals surface area contributed by atoms with Crippen molar-refractivity contribution in [2.24, 2.45) is 0 Å². The lowest BCUT2D eigenvalue weighted by Crippen LogP contribution is -2.37. The Morgan fingerprint density at radius 2 is 2.16 bits per heavy atom. The number of ether oxygens (including phenoxy) is 1. The number of nitrogens with one attached hydrogen (secondary N) is 1. The van der Waals surface area contributed by atoms with Crippen LogP contribution in [0.2, 0.25) is 0 Å². The Hall–Kier alpha value is -2.80. The molecule has 1 saturated heterocycles. The van der Waals surface area contributed by atoms with Crippen LogP contribution in [0, 0.1) is 0 Å². The molecule has 2 heterocycles. The second kappa shape index (κ2) is 7.85.